The van der Waals surface area contributed by atoms with E-state index in [1.165, 1.54) is 18.2 Å². The third-order valence-electron chi connectivity index (χ3n) is 4.37. The Morgan fingerprint density at radius 2 is 1.58 bits per heavy atom. The summed E-state index contributed by atoms with van der Waals surface area (Å²) < 4.78 is 41.4. The van der Waals surface area contributed by atoms with Crippen LogP contribution in [0.25, 0.3) is 11.1 Å². The number of aliphatic hydroxyl groups is 1. The molecule has 0 heterocycles. The van der Waals surface area contributed by atoms with E-state index in [-0.39, 0.29) is 22.9 Å². The molecule has 0 radical (unpaired) electrons. The van der Waals surface area contributed by atoms with Crippen molar-refractivity contribution in [2.24, 2.45) is 0 Å². The molecule has 0 unspecified atom stereocenters. The van der Waals surface area contributed by atoms with Crippen LogP contribution in [0.5, 0.6) is 0 Å². The Morgan fingerprint density at radius 3 is 2.21 bits per heavy atom. The second-order valence-corrected chi connectivity index (χ2v) is 7.84. The van der Waals surface area contributed by atoms with Crippen LogP contribution >= 0.6 is 0 Å². The minimum Gasteiger partial charge on any atom is -0.393 e. The van der Waals surface area contributed by atoms with Crippen molar-refractivity contribution < 1.29 is 17.9 Å². The van der Waals surface area contributed by atoms with Crippen molar-refractivity contribution in [2.45, 2.75) is 42.7 Å². The molecule has 0 bridgehead atoms. The smallest absolute Gasteiger partial charge is 0.240 e. The fourth-order valence-corrected chi connectivity index (χ4v) is 4.30. The van der Waals surface area contributed by atoms with E-state index in [0.717, 1.165) is 0 Å². The highest BCUT2D eigenvalue weighted by Crippen LogP contribution is 2.25. The van der Waals surface area contributed by atoms with Crippen molar-refractivity contribution in [1.29, 1.82) is 0 Å². The van der Waals surface area contributed by atoms with Crippen LogP contribution in [0, 0.1) is 5.82 Å². The second kappa shape index (κ2) is 7.01. The highest BCUT2D eigenvalue weighted by atomic mass is 32.2. The number of rotatable bonds is 4. The first kappa shape index (κ1) is 17.1. The second-order valence-electron chi connectivity index (χ2n) is 6.13. The van der Waals surface area contributed by atoms with Gasteiger partial charge in [-0.25, -0.2) is 17.5 Å². The van der Waals surface area contributed by atoms with Gasteiger partial charge in [0.15, 0.2) is 0 Å². The molecule has 1 aliphatic rings. The lowest BCUT2D eigenvalue weighted by Gasteiger charge is -2.26. The van der Waals surface area contributed by atoms with Gasteiger partial charge >= 0.3 is 0 Å². The summed E-state index contributed by atoms with van der Waals surface area (Å²) in [4.78, 5) is 0.161. The van der Waals surface area contributed by atoms with E-state index in [1.54, 1.807) is 30.3 Å². The third-order valence-corrected chi connectivity index (χ3v) is 5.90. The lowest BCUT2D eigenvalue weighted by atomic mass is 9.94. The maximum Gasteiger partial charge on any atom is 0.240 e. The van der Waals surface area contributed by atoms with Crippen LogP contribution in [0.15, 0.2) is 53.4 Å². The summed E-state index contributed by atoms with van der Waals surface area (Å²) in [6.07, 6.45) is 2.16. The van der Waals surface area contributed by atoms with E-state index in [2.05, 4.69) is 4.72 Å². The van der Waals surface area contributed by atoms with Crippen molar-refractivity contribution in [3.8, 4) is 11.1 Å². The molecule has 3 rings (SSSR count). The Kier molecular flexibility index (Phi) is 4.99. The first-order valence-electron chi connectivity index (χ1n) is 8.01. The quantitative estimate of drug-likeness (QED) is 0.891. The molecule has 1 fully saturated rings. The molecule has 0 atom stereocenters. The Morgan fingerprint density at radius 1 is 0.958 bits per heavy atom. The molecule has 0 spiro atoms. The van der Waals surface area contributed by atoms with Gasteiger partial charge in [0.25, 0.3) is 0 Å². The van der Waals surface area contributed by atoms with Crippen LogP contribution in [-0.2, 0) is 10.0 Å². The van der Waals surface area contributed by atoms with E-state index in [9.17, 15) is 17.9 Å². The number of nitrogens with one attached hydrogen (secondary N) is 1. The summed E-state index contributed by atoms with van der Waals surface area (Å²) in [5.41, 5.74) is 1.07. The van der Waals surface area contributed by atoms with Crippen LogP contribution in [0.1, 0.15) is 25.7 Å². The van der Waals surface area contributed by atoms with Crippen LogP contribution in [0.2, 0.25) is 0 Å². The predicted octanol–water partition coefficient (Wildman–Crippen LogP) is 3.07. The fourth-order valence-electron chi connectivity index (χ4n) is 2.99. The molecule has 2 N–H and O–H groups in total. The molecule has 1 saturated carbocycles. The number of sulfonamides is 1. The third kappa shape index (κ3) is 3.83. The molecule has 0 aliphatic heterocycles. The molecule has 128 valence electrons. The highest BCUT2D eigenvalue weighted by Gasteiger charge is 2.24. The van der Waals surface area contributed by atoms with E-state index in [1.807, 2.05) is 0 Å². The van der Waals surface area contributed by atoms with Crippen molar-refractivity contribution in [3.63, 3.8) is 0 Å². The minimum absolute atomic E-state index is 0.148. The highest BCUT2D eigenvalue weighted by molar-refractivity contribution is 7.89. The van der Waals surface area contributed by atoms with Crippen LogP contribution in [-0.4, -0.2) is 25.7 Å². The summed E-state index contributed by atoms with van der Waals surface area (Å²) in [6, 6.07) is 12.4. The zero-order valence-electron chi connectivity index (χ0n) is 13.2. The van der Waals surface area contributed by atoms with Crippen molar-refractivity contribution in [1.82, 2.24) is 4.72 Å². The first-order valence-corrected chi connectivity index (χ1v) is 9.49. The largest absolute Gasteiger partial charge is 0.393 e. The number of hydrogen-bond acceptors (Lipinski definition) is 3. The van der Waals surface area contributed by atoms with Gasteiger partial charge in [0.05, 0.1) is 11.0 Å². The van der Waals surface area contributed by atoms with Gasteiger partial charge in [0.2, 0.25) is 10.0 Å². The van der Waals surface area contributed by atoms with E-state index >= 15 is 0 Å². The molecular formula is C18H20FNO3S. The summed E-state index contributed by atoms with van der Waals surface area (Å²) in [5, 5.41) is 9.50. The van der Waals surface area contributed by atoms with Crippen LogP contribution in [0.4, 0.5) is 4.39 Å². The van der Waals surface area contributed by atoms with Gasteiger partial charge in [0.1, 0.15) is 5.82 Å². The predicted molar refractivity (Wildman–Crippen MR) is 90.4 cm³/mol. The molecule has 2 aromatic rings. The first-order chi connectivity index (χ1) is 11.5. The Bertz CT molecular complexity index is 797. The number of halogens is 1. The lowest BCUT2D eigenvalue weighted by Crippen LogP contribution is -2.38. The summed E-state index contributed by atoms with van der Waals surface area (Å²) in [5.74, 6) is -0.341. The molecule has 0 amide bonds. The average molecular weight is 349 g/mol. The Labute approximate surface area is 141 Å². The molecule has 6 heteroatoms. The SMILES string of the molecule is O=S(=O)(NC1CCC(O)CC1)c1ccc(-c2ccccc2F)cc1. The van der Waals surface area contributed by atoms with Crippen LogP contribution < -0.4 is 4.72 Å². The molecule has 0 aromatic heterocycles. The monoisotopic (exact) mass is 349 g/mol. The summed E-state index contributed by atoms with van der Waals surface area (Å²) >= 11 is 0. The average Bonchev–Trinajstić information content (AvgIpc) is 2.57. The molecule has 1 aliphatic carbocycles. The summed E-state index contributed by atoms with van der Waals surface area (Å²) in [7, 11) is -3.61. The Balaban J connectivity index is 1.76. The molecule has 0 saturated heterocycles. The summed E-state index contributed by atoms with van der Waals surface area (Å²) in [6.45, 7) is 0. The van der Waals surface area contributed by atoms with Crippen molar-refractivity contribution in [2.75, 3.05) is 0 Å². The van der Waals surface area contributed by atoms with Gasteiger partial charge in [-0.1, -0.05) is 30.3 Å². The van der Waals surface area contributed by atoms with Gasteiger partial charge in [-0.05, 0) is 49.4 Å². The van der Waals surface area contributed by atoms with Gasteiger partial charge in [-0.15, -0.1) is 0 Å². The molecule has 24 heavy (non-hydrogen) atoms. The fraction of sp³-hybridized carbons (Fsp3) is 0.333. The maximum atomic E-state index is 13.8. The molecule has 2 aromatic carbocycles. The molecule has 4 nitrogen and oxygen atoms in total. The maximum absolute atomic E-state index is 13.8. The van der Waals surface area contributed by atoms with Gasteiger partial charge in [-0.3, -0.25) is 0 Å². The lowest BCUT2D eigenvalue weighted by molar-refractivity contribution is 0.120. The normalized spacial score (nSPS) is 21.6. The zero-order valence-corrected chi connectivity index (χ0v) is 14.0. The van der Waals surface area contributed by atoms with Gasteiger partial charge in [-0.2, -0.15) is 0 Å². The number of hydrogen-bond donors (Lipinski definition) is 2. The number of benzene rings is 2. The van der Waals surface area contributed by atoms with Gasteiger partial charge in [0, 0.05) is 11.6 Å². The van der Waals surface area contributed by atoms with Crippen molar-refractivity contribution in [3.05, 3.63) is 54.3 Å². The number of aliphatic hydroxyl groups excluding tert-OH is 1. The topological polar surface area (TPSA) is 66.4 Å². The van der Waals surface area contributed by atoms with Crippen molar-refractivity contribution >= 4 is 10.0 Å². The van der Waals surface area contributed by atoms with E-state index in [0.29, 0.717) is 36.8 Å². The van der Waals surface area contributed by atoms with E-state index in [4.69, 9.17) is 0 Å². The minimum atomic E-state index is -3.61. The Hall–Kier alpha value is -1.76. The van der Waals surface area contributed by atoms with E-state index < -0.39 is 10.0 Å². The standard InChI is InChI=1S/C18H20FNO3S/c19-18-4-2-1-3-17(18)13-5-11-16(12-6-13)24(22,23)20-14-7-9-15(21)10-8-14/h1-6,11-12,14-15,20-21H,7-10H2. The van der Waals surface area contributed by atoms with Crippen LogP contribution in [0.3, 0.4) is 0 Å². The van der Waals surface area contributed by atoms with Gasteiger partial charge < -0.3 is 5.11 Å². The zero-order chi connectivity index (χ0) is 17.2. The molecular weight excluding hydrogens is 329 g/mol.